The molecule has 1 aliphatic heterocycles. The first kappa shape index (κ1) is 17.7. The molecule has 2 aromatic rings. The quantitative estimate of drug-likeness (QED) is 0.827. The van der Waals surface area contributed by atoms with Crippen LogP contribution in [0.1, 0.15) is 42.3 Å². The van der Waals surface area contributed by atoms with Gasteiger partial charge >= 0.3 is 0 Å². The fraction of sp³-hybridized carbons (Fsp3) is 0.611. The smallest absolute Gasteiger partial charge is 0.254 e. The maximum atomic E-state index is 11.9. The predicted octanol–water partition coefficient (Wildman–Crippen LogP) is 1.75. The highest BCUT2D eigenvalue weighted by atomic mass is 16.3. The van der Waals surface area contributed by atoms with E-state index in [-0.39, 0.29) is 5.91 Å². The van der Waals surface area contributed by atoms with Crippen molar-refractivity contribution in [2.45, 2.75) is 39.7 Å². The minimum Gasteiger partial charge on any atom is -0.472 e. The third-order valence-electron chi connectivity index (χ3n) is 4.88. The number of nitrogens with one attached hydrogen (secondary N) is 1. The summed E-state index contributed by atoms with van der Waals surface area (Å²) in [6, 6.07) is 1.66. The molecular formula is C18H27N5O2. The van der Waals surface area contributed by atoms with Crippen molar-refractivity contribution in [1.82, 2.24) is 25.0 Å². The number of aromatic nitrogens is 3. The molecule has 0 aromatic carbocycles. The topological polar surface area (TPSA) is 76.2 Å². The maximum absolute atomic E-state index is 11.9. The van der Waals surface area contributed by atoms with E-state index in [1.54, 1.807) is 6.07 Å². The van der Waals surface area contributed by atoms with Crippen LogP contribution in [0.2, 0.25) is 0 Å². The lowest BCUT2D eigenvalue weighted by molar-refractivity contribution is 0.0953. The van der Waals surface area contributed by atoms with Gasteiger partial charge in [-0.15, -0.1) is 10.2 Å². The number of nitrogens with zero attached hydrogens (tertiary/aromatic N) is 4. The molecule has 0 radical (unpaired) electrons. The largest absolute Gasteiger partial charge is 0.472 e. The Bertz CT molecular complexity index is 680. The molecule has 25 heavy (non-hydrogen) atoms. The van der Waals surface area contributed by atoms with Crippen LogP contribution in [0.4, 0.5) is 0 Å². The number of amides is 1. The normalized spacial score (nSPS) is 16.2. The lowest BCUT2D eigenvalue weighted by Gasteiger charge is -2.22. The second kappa shape index (κ2) is 8.29. The summed E-state index contributed by atoms with van der Waals surface area (Å²) in [4.78, 5) is 14.5. The lowest BCUT2D eigenvalue weighted by atomic mass is 10.1. The number of hydrogen-bond acceptors (Lipinski definition) is 5. The van der Waals surface area contributed by atoms with Crippen LogP contribution in [0.15, 0.2) is 23.0 Å². The van der Waals surface area contributed by atoms with Crippen LogP contribution in [0.25, 0.3) is 0 Å². The molecule has 0 aliphatic carbocycles. The lowest BCUT2D eigenvalue weighted by Crippen LogP contribution is -2.31. The molecule has 136 valence electrons. The summed E-state index contributed by atoms with van der Waals surface area (Å²) < 4.78 is 7.15. The van der Waals surface area contributed by atoms with E-state index in [4.69, 9.17) is 4.42 Å². The standard InChI is InChI=1S/C18H27N5O2/c1-3-14(2)12-22-8-5-17-21-20-16(23(17)10-9-22)4-7-19-18(24)15-6-11-25-13-15/h6,11,13-14H,3-5,7-10,12H2,1-2H3,(H,19,24). The van der Waals surface area contributed by atoms with Crippen molar-refractivity contribution in [2.24, 2.45) is 5.92 Å². The zero-order chi connectivity index (χ0) is 17.6. The van der Waals surface area contributed by atoms with Crippen LogP contribution in [-0.2, 0) is 19.4 Å². The Morgan fingerprint density at radius 3 is 3.00 bits per heavy atom. The van der Waals surface area contributed by atoms with Gasteiger partial charge in [0.25, 0.3) is 5.91 Å². The van der Waals surface area contributed by atoms with E-state index in [9.17, 15) is 4.79 Å². The first-order chi connectivity index (χ1) is 12.2. The van der Waals surface area contributed by atoms with Crippen molar-refractivity contribution in [2.75, 3.05) is 26.2 Å². The van der Waals surface area contributed by atoms with Crippen molar-refractivity contribution >= 4 is 5.91 Å². The van der Waals surface area contributed by atoms with Gasteiger partial charge in [0, 0.05) is 45.6 Å². The predicted molar refractivity (Wildman–Crippen MR) is 94.4 cm³/mol. The monoisotopic (exact) mass is 345 g/mol. The SMILES string of the molecule is CCC(C)CN1CCc2nnc(CCNC(=O)c3ccoc3)n2CC1. The minimum atomic E-state index is -0.121. The highest BCUT2D eigenvalue weighted by molar-refractivity contribution is 5.93. The maximum Gasteiger partial charge on any atom is 0.254 e. The number of fused-ring (bicyclic) bond motifs is 1. The highest BCUT2D eigenvalue weighted by Crippen LogP contribution is 2.12. The van der Waals surface area contributed by atoms with Gasteiger partial charge < -0.3 is 19.2 Å². The van der Waals surface area contributed by atoms with E-state index in [1.165, 1.54) is 18.9 Å². The molecule has 3 heterocycles. The van der Waals surface area contributed by atoms with Crippen LogP contribution in [-0.4, -0.2) is 51.8 Å². The molecule has 0 saturated carbocycles. The number of hydrogen-bond donors (Lipinski definition) is 1. The molecule has 0 spiro atoms. The molecule has 1 amide bonds. The van der Waals surface area contributed by atoms with Gasteiger partial charge in [-0.25, -0.2) is 0 Å². The van der Waals surface area contributed by atoms with Crippen molar-refractivity contribution in [3.8, 4) is 0 Å². The van der Waals surface area contributed by atoms with E-state index < -0.39 is 0 Å². The first-order valence-electron chi connectivity index (χ1n) is 9.11. The summed E-state index contributed by atoms with van der Waals surface area (Å²) in [5.74, 6) is 2.61. The van der Waals surface area contributed by atoms with Gasteiger partial charge in [-0.3, -0.25) is 4.79 Å². The molecule has 1 N–H and O–H groups in total. The van der Waals surface area contributed by atoms with Crippen LogP contribution in [0.5, 0.6) is 0 Å². The van der Waals surface area contributed by atoms with Crippen molar-refractivity contribution in [1.29, 1.82) is 0 Å². The summed E-state index contributed by atoms with van der Waals surface area (Å²) in [5.41, 5.74) is 0.542. The Kier molecular flexibility index (Phi) is 5.86. The van der Waals surface area contributed by atoms with Crippen LogP contribution in [0, 0.1) is 5.92 Å². The van der Waals surface area contributed by atoms with Crippen molar-refractivity contribution in [3.05, 3.63) is 35.8 Å². The van der Waals surface area contributed by atoms with Crippen molar-refractivity contribution < 1.29 is 9.21 Å². The second-order valence-electron chi connectivity index (χ2n) is 6.77. The Morgan fingerprint density at radius 1 is 1.36 bits per heavy atom. The van der Waals surface area contributed by atoms with Gasteiger partial charge in [0.15, 0.2) is 0 Å². The average Bonchev–Trinajstić information content (AvgIpc) is 3.23. The summed E-state index contributed by atoms with van der Waals surface area (Å²) in [7, 11) is 0. The van der Waals surface area contributed by atoms with Gasteiger partial charge in [-0.05, 0) is 12.0 Å². The molecule has 0 fully saturated rings. The van der Waals surface area contributed by atoms with Gasteiger partial charge in [0.1, 0.15) is 17.9 Å². The highest BCUT2D eigenvalue weighted by Gasteiger charge is 2.19. The molecule has 2 aromatic heterocycles. The molecule has 1 unspecified atom stereocenters. The van der Waals surface area contributed by atoms with Gasteiger partial charge in [-0.1, -0.05) is 20.3 Å². The third kappa shape index (κ3) is 4.48. The Balaban J connectivity index is 1.52. The van der Waals surface area contributed by atoms with Crippen LogP contribution in [0.3, 0.4) is 0 Å². The average molecular weight is 345 g/mol. The van der Waals surface area contributed by atoms with Gasteiger partial charge in [-0.2, -0.15) is 0 Å². The minimum absolute atomic E-state index is 0.121. The van der Waals surface area contributed by atoms with Crippen LogP contribution < -0.4 is 5.32 Å². The Morgan fingerprint density at radius 2 is 2.24 bits per heavy atom. The van der Waals surface area contributed by atoms with Gasteiger partial charge in [0.2, 0.25) is 0 Å². The Hall–Kier alpha value is -2.15. The van der Waals surface area contributed by atoms with Crippen LogP contribution >= 0.6 is 0 Å². The van der Waals surface area contributed by atoms with E-state index in [2.05, 4.69) is 38.8 Å². The zero-order valence-electron chi connectivity index (χ0n) is 15.1. The molecule has 7 heteroatoms. The van der Waals surface area contributed by atoms with E-state index in [0.717, 1.165) is 50.2 Å². The molecule has 0 saturated heterocycles. The van der Waals surface area contributed by atoms with Crippen molar-refractivity contribution in [3.63, 3.8) is 0 Å². The third-order valence-corrected chi connectivity index (χ3v) is 4.88. The zero-order valence-corrected chi connectivity index (χ0v) is 15.1. The van der Waals surface area contributed by atoms with Gasteiger partial charge in [0.05, 0.1) is 11.8 Å². The van der Waals surface area contributed by atoms with E-state index in [1.807, 2.05) is 0 Å². The molecule has 7 nitrogen and oxygen atoms in total. The number of carbonyl (C=O) groups is 1. The molecule has 0 bridgehead atoms. The number of rotatable bonds is 7. The Labute approximate surface area is 148 Å². The number of furan rings is 1. The fourth-order valence-electron chi connectivity index (χ4n) is 3.15. The van der Waals surface area contributed by atoms with E-state index in [0.29, 0.717) is 18.5 Å². The summed E-state index contributed by atoms with van der Waals surface area (Å²) in [5, 5.41) is 11.6. The summed E-state index contributed by atoms with van der Waals surface area (Å²) >= 11 is 0. The molecular weight excluding hydrogens is 318 g/mol. The molecule has 3 rings (SSSR count). The molecule has 1 aliphatic rings. The fourth-order valence-corrected chi connectivity index (χ4v) is 3.15. The second-order valence-corrected chi connectivity index (χ2v) is 6.77. The first-order valence-corrected chi connectivity index (χ1v) is 9.11. The summed E-state index contributed by atoms with van der Waals surface area (Å²) in [6.45, 7) is 9.23. The number of carbonyl (C=O) groups excluding carboxylic acids is 1. The van der Waals surface area contributed by atoms with E-state index >= 15 is 0 Å². The summed E-state index contributed by atoms with van der Waals surface area (Å²) in [6.07, 6.45) is 5.78. The molecule has 1 atom stereocenters.